The minimum atomic E-state index is -0.218. The third-order valence-electron chi connectivity index (χ3n) is 4.59. The Kier molecular flexibility index (Phi) is 4.98. The third kappa shape index (κ3) is 2.85. The van der Waals surface area contributed by atoms with Crippen LogP contribution < -0.4 is 0 Å². The predicted octanol–water partition coefficient (Wildman–Crippen LogP) is 8.62. The van der Waals surface area contributed by atoms with Crippen molar-refractivity contribution < 1.29 is 0 Å². The van der Waals surface area contributed by atoms with Crippen LogP contribution in [0.15, 0.2) is 48.5 Å². The topological polar surface area (TPSA) is 0 Å². The molecule has 3 aromatic rings. The Balaban J connectivity index is 2.12. The van der Waals surface area contributed by atoms with Gasteiger partial charge in [0.25, 0.3) is 0 Å². The van der Waals surface area contributed by atoms with Crippen molar-refractivity contribution in [3.8, 4) is 0 Å². The van der Waals surface area contributed by atoms with Crippen molar-refractivity contribution in [1.29, 1.82) is 0 Å². The highest BCUT2D eigenvalue weighted by atomic mass is 35.5. The highest BCUT2D eigenvalue weighted by molar-refractivity contribution is 6.55. The Bertz CT molecular complexity index is 974. The molecule has 1 aliphatic carbocycles. The maximum atomic E-state index is 6.62. The molecule has 26 heavy (non-hydrogen) atoms. The molecule has 3 aromatic carbocycles. The Morgan fingerprint density at radius 1 is 0.500 bits per heavy atom. The van der Waals surface area contributed by atoms with Crippen molar-refractivity contribution in [2.24, 2.45) is 0 Å². The van der Waals surface area contributed by atoms with Crippen molar-refractivity contribution in [3.05, 3.63) is 101 Å². The fraction of sp³-hybridized carbons (Fsp3) is 0.0476. The monoisotopic (exact) mass is 438 g/mol. The average molecular weight is 441 g/mol. The van der Waals surface area contributed by atoms with E-state index in [1.165, 1.54) is 0 Å². The van der Waals surface area contributed by atoms with Crippen LogP contribution in [0.2, 0.25) is 25.1 Å². The van der Waals surface area contributed by atoms with E-state index in [4.69, 9.17) is 58.0 Å². The van der Waals surface area contributed by atoms with Gasteiger partial charge in [0.05, 0.1) is 25.1 Å². The first-order chi connectivity index (χ1) is 12.5. The molecule has 0 aromatic heterocycles. The van der Waals surface area contributed by atoms with E-state index in [9.17, 15) is 0 Å². The Morgan fingerprint density at radius 2 is 0.885 bits per heavy atom. The van der Waals surface area contributed by atoms with Crippen molar-refractivity contribution in [2.75, 3.05) is 0 Å². The fourth-order valence-electron chi connectivity index (χ4n) is 3.38. The van der Waals surface area contributed by atoms with E-state index in [2.05, 4.69) is 36.4 Å². The normalized spacial score (nSPS) is 13.3. The number of halogens is 5. The highest BCUT2D eigenvalue weighted by Crippen LogP contribution is 2.51. The molecule has 0 aliphatic heterocycles. The summed E-state index contributed by atoms with van der Waals surface area (Å²) >= 11 is 32.1. The molecule has 5 heteroatoms. The van der Waals surface area contributed by atoms with E-state index in [0.717, 1.165) is 22.3 Å². The summed E-state index contributed by atoms with van der Waals surface area (Å²) in [6.45, 7) is 0. The van der Waals surface area contributed by atoms with E-state index >= 15 is 0 Å². The molecule has 0 atom stereocenters. The van der Waals surface area contributed by atoms with Crippen LogP contribution >= 0.6 is 58.0 Å². The molecule has 0 heterocycles. The lowest BCUT2D eigenvalue weighted by Gasteiger charge is -2.24. The van der Waals surface area contributed by atoms with Crippen molar-refractivity contribution in [3.63, 3.8) is 0 Å². The summed E-state index contributed by atoms with van der Waals surface area (Å²) in [7, 11) is 0. The fourth-order valence-corrected chi connectivity index (χ4v) is 4.76. The summed E-state index contributed by atoms with van der Waals surface area (Å²) in [6.07, 6.45) is 4.18. The van der Waals surface area contributed by atoms with Gasteiger partial charge in [0.2, 0.25) is 0 Å². The highest BCUT2D eigenvalue weighted by Gasteiger charge is 2.30. The maximum Gasteiger partial charge on any atom is 0.0809 e. The van der Waals surface area contributed by atoms with Gasteiger partial charge in [-0.2, -0.15) is 0 Å². The number of rotatable bonds is 1. The van der Waals surface area contributed by atoms with Gasteiger partial charge in [0, 0.05) is 11.5 Å². The van der Waals surface area contributed by atoms with Gasteiger partial charge in [0.15, 0.2) is 0 Å². The minimum absolute atomic E-state index is 0.167. The van der Waals surface area contributed by atoms with E-state index < -0.39 is 0 Å². The molecule has 1 aliphatic rings. The van der Waals surface area contributed by atoms with Gasteiger partial charge in [-0.15, -0.1) is 0 Å². The molecule has 0 unspecified atom stereocenters. The van der Waals surface area contributed by atoms with Gasteiger partial charge in [-0.25, -0.2) is 0 Å². The van der Waals surface area contributed by atoms with E-state index in [1.807, 2.05) is 24.3 Å². The first kappa shape index (κ1) is 18.2. The van der Waals surface area contributed by atoms with Crippen LogP contribution in [0.4, 0.5) is 0 Å². The van der Waals surface area contributed by atoms with Crippen LogP contribution in [0.25, 0.3) is 12.2 Å². The summed E-state index contributed by atoms with van der Waals surface area (Å²) in [6, 6.07) is 16.2. The summed E-state index contributed by atoms with van der Waals surface area (Å²) in [4.78, 5) is 0. The number of hydrogen-bond donors (Lipinski definition) is 0. The Labute approximate surface area is 176 Å². The number of benzene rings is 3. The smallest absolute Gasteiger partial charge is 0.0809 e. The predicted molar refractivity (Wildman–Crippen MR) is 114 cm³/mol. The molecule has 0 spiro atoms. The molecule has 0 N–H and O–H groups in total. The SMILES string of the molecule is Clc1c(Cl)c(Cl)c(C2c3ccccc3C=Cc3ccccc32)c(Cl)c1Cl. The minimum Gasteiger partial charge on any atom is -0.0823 e. The molecule has 130 valence electrons. The first-order valence-corrected chi connectivity index (χ1v) is 9.77. The van der Waals surface area contributed by atoms with Crippen LogP contribution in [0.5, 0.6) is 0 Å². The quantitative estimate of drug-likeness (QED) is 0.205. The van der Waals surface area contributed by atoms with Crippen LogP contribution in [0.1, 0.15) is 33.7 Å². The molecule has 4 rings (SSSR count). The zero-order chi connectivity index (χ0) is 18.4. The van der Waals surface area contributed by atoms with Crippen LogP contribution in [-0.2, 0) is 0 Å². The molecule has 0 saturated heterocycles. The lowest BCUT2D eigenvalue weighted by Crippen LogP contribution is -2.08. The van der Waals surface area contributed by atoms with Gasteiger partial charge in [-0.3, -0.25) is 0 Å². The van der Waals surface area contributed by atoms with E-state index in [1.54, 1.807) is 0 Å². The Hall–Kier alpha value is -1.15. The van der Waals surface area contributed by atoms with Crippen LogP contribution in [-0.4, -0.2) is 0 Å². The van der Waals surface area contributed by atoms with Crippen LogP contribution in [0, 0.1) is 0 Å². The van der Waals surface area contributed by atoms with Crippen LogP contribution in [0.3, 0.4) is 0 Å². The van der Waals surface area contributed by atoms with Gasteiger partial charge < -0.3 is 0 Å². The summed E-state index contributed by atoms with van der Waals surface area (Å²) in [5, 5.41) is 1.24. The van der Waals surface area contributed by atoms with E-state index in [0.29, 0.717) is 15.6 Å². The zero-order valence-electron chi connectivity index (χ0n) is 13.2. The first-order valence-electron chi connectivity index (χ1n) is 7.88. The zero-order valence-corrected chi connectivity index (χ0v) is 17.0. The maximum absolute atomic E-state index is 6.62. The second-order valence-electron chi connectivity index (χ2n) is 6.01. The lowest BCUT2D eigenvalue weighted by molar-refractivity contribution is 0.974. The molecule has 0 bridgehead atoms. The number of hydrogen-bond acceptors (Lipinski definition) is 0. The van der Waals surface area contributed by atoms with E-state index in [-0.39, 0.29) is 21.0 Å². The van der Waals surface area contributed by atoms with Gasteiger partial charge in [-0.05, 0) is 22.3 Å². The molecule has 0 amide bonds. The average Bonchev–Trinajstić information content (AvgIpc) is 2.83. The second kappa shape index (κ2) is 7.11. The third-order valence-corrected chi connectivity index (χ3v) is 6.89. The molecular weight excluding hydrogens is 429 g/mol. The molecule has 0 nitrogen and oxygen atoms in total. The van der Waals surface area contributed by atoms with Gasteiger partial charge in [0.1, 0.15) is 0 Å². The molecule has 0 fully saturated rings. The largest absolute Gasteiger partial charge is 0.0823 e. The molecular formula is C21H11Cl5. The van der Waals surface area contributed by atoms with Gasteiger partial charge >= 0.3 is 0 Å². The molecule has 0 radical (unpaired) electrons. The summed E-state index contributed by atoms with van der Waals surface area (Å²) in [5.41, 5.74) is 4.99. The summed E-state index contributed by atoms with van der Waals surface area (Å²) < 4.78 is 0. The second-order valence-corrected chi connectivity index (χ2v) is 7.90. The Morgan fingerprint density at radius 3 is 1.35 bits per heavy atom. The lowest BCUT2D eigenvalue weighted by atomic mass is 9.82. The molecule has 0 saturated carbocycles. The van der Waals surface area contributed by atoms with Gasteiger partial charge in [-0.1, -0.05) is 119 Å². The van der Waals surface area contributed by atoms with Crippen molar-refractivity contribution in [2.45, 2.75) is 5.92 Å². The van der Waals surface area contributed by atoms with Crippen molar-refractivity contribution >= 4 is 70.2 Å². The van der Waals surface area contributed by atoms with Crippen molar-refractivity contribution in [1.82, 2.24) is 0 Å². The summed E-state index contributed by atoms with van der Waals surface area (Å²) in [5.74, 6) is -0.218. The standard InChI is InChI=1S/C21H11Cl5/c22-17-16(18(23)20(25)21(26)19(17)24)15-13-7-3-1-5-11(13)9-10-12-6-2-4-8-14(12)15/h1-10,15H. The number of fused-ring (bicyclic) bond motifs is 2.